The summed E-state index contributed by atoms with van der Waals surface area (Å²) in [5, 5.41) is 3.10. The van der Waals surface area contributed by atoms with E-state index in [1.165, 1.54) is 18.9 Å². The molecule has 1 amide bonds. The summed E-state index contributed by atoms with van der Waals surface area (Å²) in [5.41, 5.74) is 1.10. The summed E-state index contributed by atoms with van der Waals surface area (Å²) < 4.78 is 0. The molecule has 0 radical (unpaired) electrons. The highest BCUT2D eigenvalue weighted by Gasteiger charge is 2.24. The zero-order valence-electron chi connectivity index (χ0n) is 15.4. The van der Waals surface area contributed by atoms with Crippen molar-refractivity contribution in [1.29, 1.82) is 0 Å². The van der Waals surface area contributed by atoms with Gasteiger partial charge in [-0.05, 0) is 36.8 Å². The van der Waals surface area contributed by atoms with Gasteiger partial charge in [0.05, 0.1) is 11.7 Å². The maximum Gasteiger partial charge on any atom is 0.251 e. The van der Waals surface area contributed by atoms with Gasteiger partial charge in [-0.15, -0.1) is 0 Å². The highest BCUT2D eigenvalue weighted by atomic mass is 16.1. The Labute approximate surface area is 153 Å². The second kappa shape index (κ2) is 8.25. The topological polar surface area (TPSA) is 87.7 Å². The number of aromatic nitrogens is 3. The quantitative estimate of drug-likeness (QED) is 0.834. The normalized spacial score (nSPS) is 16.0. The lowest BCUT2D eigenvalue weighted by molar-refractivity contribution is -0.123. The van der Waals surface area contributed by atoms with E-state index >= 15 is 0 Å². The molecule has 2 N–H and O–H groups in total. The summed E-state index contributed by atoms with van der Waals surface area (Å²) in [6, 6.07) is 4.82. The Kier molecular flexibility index (Phi) is 5.81. The van der Waals surface area contributed by atoms with Crippen molar-refractivity contribution in [3.05, 3.63) is 46.6 Å². The molecule has 1 atom stereocenters. The molecule has 1 unspecified atom stereocenters. The van der Waals surface area contributed by atoms with E-state index in [-0.39, 0.29) is 23.4 Å². The van der Waals surface area contributed by atoms with Gasteiger partial charge in [0.25, 0.3) is 5.56 Å². The number of aromatic amines is 1. The molecule has 0 bridgehead atoms. The zero-order valence-corrected chi connectivity index (χ0v) is 15.4. The number of H-pyrrole nitrogens is 1. The SMILES string of the molecule is CC(C)C(NC(=O)CC1CCCC1)c1cc(=O)[nH]c(-c2cccnc2)n1. The van der Waals surface area contributed by atoms with Gasteiger partial charge in [-0.3, -0.25) is 14.6 Å². The lowest BCUT2D eigenvalue weighted by Gasteiger charge is -2.23. The number of carbonyl (C=O) groups is 1. The molecule has 2 aromatic rings. The van der Waals surface area contributed by atoms with Crippen LogP contribution in [0.5, 0.6) is 0 Å². The standard InChI is InChI=1S/C20H26N4O2/c1-13(2)19(23-17(25)10-14-6-3-4-7-14)16-11-18(26)24-20(22-16)15-8-5-9-21-12-15/h5,8-9,11-14,19H,3-4,6-7,10H2,1-2H3,(H,23,25)(H,22,24,26). The molecule has 2 heterocycles. The first-order valence-corrected chi connectivity index (χ1v) is 9.34. The first-order valence-electron chi connectivity index (χ1n) is 9.34. The van der Waals surface area contributed by atoms with Gasteiger partial charge in [0.15, 0.2) is 0 Å². The molecule has 1 saturated carbocycles. The predicted molar refractivity (Wildman–Crippen MR) is 100 cm³/mol. The molecule has 0 saturated heterocycles. The lowest BCUT2D eigenvalue weighted by atomic mass is 9.98. The Bertz CT molecular complexity index is 795. The third-order valence-corrected chi connectivity index (χ3v) is 4.95. The number of nitrogens with zero attached hydrogens (tertiary/aromatic N) is 2. The fourth-order valence-electron chi connectivity index (χ4n) is 3.57. The molecule has 6 heteroatoms. The summed E-state index contributed by atoms with van der Waals surface area (Å²) in [7, 11) is 0. The van der Waals surface area contributed by atoms with Gasteiger partial charge < -0.3 is 10.3 Å². The van der Waals surface area contributed by atoms with Crippen LogP contribution >= 0.6 is 0 Å². The molecule has 6 nitrogen and oxygen atoms in total. The van der Waals surface area contributed by atoms with Crippen molar-refractivity contribution in [1.82, 2.24) is 20.3 Å². The van der Waals surface area contributed by atoms with Crippen LogP contribution < -0.4 is 10.9 Å². The maximum atomic E-state index is 12.5. The van der Waals surface area contributed by atoms with Gasteiger partial charge >= 0.3 is 0 Å². The summed E-state index contributed by atoms with van der Waals surface area (Å²) in [4.78, 5) is 36.1. The van der Waals surface area contributed by atoms with Crippen molar-refractivity contribution in [2.24, 2.45) is 11.8 Å². The number of rotatable bonds is 6. The number of carbonyl (C=O) groups excluding carboxylic acids is 1. The van der Waals surface area contributed by atoms with Crippen molar-refractivity contribution >= 4 is 5.91 Å². The minimum absolute atomic E-state index is 0.0422. The number of nitrogens with one attached hydrogen (secondary N) is 2. The van der Waals surface area contributed by atoms with Gasteiger partial charge in [-0.1, -0.05) is 26.7 Å². The predicted octanol–water partition coefficient (Wildman–Crippen LogP) is 3.23. The third-order valence-electron chi connectivity index (χ3n) is 4.95. The van der Waals surface area contributed by atoms with E-state index in [0.717, 1.165) is 18.4 Å². The number of amides is 1. The van der Waals surface area contributed by atoms with Crippen LogP contribution in [0, 0.1) is 11.8 Å². The largest absolute Gasteiger partial charge is 0.347 e. The van der Waals surface area contributed by atoms with E-state index in [0.29, 0.717) is 23.9 Å². The van der Waals surface area contributed by atoms with E-state index in [1.807, 2.05) is 19.9 Å². The highest BCUT2D eigenvalue weighted by molar-refractivity contribution is 5.76. The minimum Gasteiger partial charge on any atom is -0.347 e. The second-order valence-electron chi connectivity index (χ2n) is 7.40. The van der Waals surface area contributed by atoms with Crippen LogP contribution in [-0.4, -0.2) is 20.9 Å². The van der Waals surface area contributed by atoms with Crippen LogP contribution in [0.4, 0.5) is 0 Å². The minimum atomic E-state index is -0.290. The van der Waals surface area contributed by atoms with Crippen molar-refractivity contribution in [2.75, 3.05) is 0 Å². The van der Waals surface area contributed by atoms with Crippen LogP contribution in [0.3, 0.4) is 0 Å². The van der Waals surface area contributed by atoms with E-state index < -0.39 is 0 Å². The van der Waals surface area contributed by atoms with Gasteiger partial charge in [0.2, 0.25) is 5.91 Å². The summed E-state index contributed by atoms with van der Waals surface area (Å²) in [6.45, 7) is 4.04. The molecule has 1 aliphatic rings. The van der Waals surface area contributed by atoms with Crippen LogP contribution in [-0.2, 0) is 4.79 Å². The molecule has 2 aromatic heterocycles. The molecular formula is C20H26N4O2. The first-order chi connectivity index (χ1) is 12.5. The molecule has 1 aliphatic carbocycles. The van der Waals surface area contributed by atoms with Crippen molar-refractivity contribution in [2.45, 2.75) is 52.0 Å². The van der Waals surface area contributed by atoms with E-state index in [4.69, 9.17) is 0 Å². The molecular weight excluding hydrogens is 328 g/mol. The monoisotopic (exact) mass is 354 g/mol. The van der Waals surface area contributed by atoms with Gasteiger partial charge in [-0.25, -0.2) is 4.98 Å². The van der Waals surface area contributed by atoms with Gasteiger partial charge in [0.1, 0.15) is 5.82 Å². The van der Waals surface area contributed by atoms with Crippen LogP contribution in [0.2, 0.25) is 0 Å². The number of pyridine rings is 1. The zero-order chi connectivity index (χ0) is 18.5. The Morgan fingerprint density at radius 2 is 2.12 bits per heavy atom. The molecule has 3 rings (SSSR count). The van der Waals surface area contributed by atoms with Gasteiger partial charge in [0, 0.05) is 30.4 Å². The number of hydrogen-bond donors (Lipinski definition) is 2. The van der Waals surface area contributed by atoms with Crippen molar-refractivity contribution < 1.29 is 4.79 Å². The van der Waals surface area contributed by atoms with Crippen LogP contribution in [0.1, 0.15) is 57.7 Å². The Morgan fingerprint density at radius 3 is 2.77 bits per heavy atom. The lowest BCUT2D eigenvalue weighted by Crippen LogP contribution is -2.34. The average Bonchev–Trinajstić information content (AvgIpc) is 3.12. The highest BCUT2D eigenvalue weighted by Crippen LogP contribution is 2.28. The van der Waals surface area contributed by atoms with Crippen LogP contribution in [0.25, 0.3) is 11.4 Å². The van der Waals surface area contributed by atoms with E-state index in [9.17, 15) is 9.59 Å². The average molecular weight is 354 g/mol. The first kappa shape index (κ1) is 18.3. The summed E-state index contributed by atoms with van der Waals surface area (Å²) in [5.74, 6) is 1.12. The second-order valence-corrected chi connectivity index (χ2v) is 7.40. The third kappa shape index (κ3) is 4.56. The molecule has 138 valence electrons. The molecule has 0 aliphatic heterocycles. The number of hydrogen-bond acceptors (Lipinski definition) is 4. The fraction of sp³-hybridized carbons (Fsp3) is 0.500. The van der Waals surface area contributed by atoms with Crippen LogP contribution in [0.15, 0.2) is 35.4 Å². The Balaban J connectivity index is 1.82. The molecule has 0 aromatic carbocycles. The molecule has 0 spiro atoms. The van der Waals surface area contributed by atoms with Crippen molar-refractivity contribution in [3.8, 4) is 11.4 Å². The van der Waals surface area contributed by atoms with Crippen molar-refractivity contribution in [3.63, 3.8) is 0 Å². The summed E-state index contributed by atoms with van der Waals surface area (Å²) >= 11 is 0. The van der Waals surface area contributed by atoms with E-state index in [2.05, 4.69) is 20.3 Å². The Hall–Kier alpha value is -2.50. The summed E-state index contributed by atoms with van der Waals surface area (Å²) in [6.07, 6.45) is 8.59. The smallest absolute Gasteiger partial charge is 0.251 e. The maximum absolute atomic E-state index is 12.5. The van der Waals surface area contributed by atoms with Gasteiger partial charge in [-0.2, -0.15) is 0 Å². The molecule has 26 heavy (non-hydrogen) atoms. The van der Waals surface area contributed by atoms with E-state index in [1.54, 1.807) is 18.5 Å². The molecule has 1 fully saturated rings. The Morgan fingerprint density at radius 1 is 1.35 bits per heavy atom. The fourth-order valence-corrected chi connectivity index (χ4v) is 3.57.